The number of rotatable bonds is 4. The smallest absolute Gasteiger partial charge is 0.0401 e. The van der Waals surface area contributed by atoms with Crippen LogP contribution in [0.25, 0.3) is 0 Å². The molecule has 1 aromatic rings. The summed E-state index contributed by atoms with van der Waals surface area (Å²) < 4.78 is 1.12. The molecule has 13 heavy (non-hydrogen) atoms. The van der Waals surface area contributed by atoms with Gasteiger partial charge >= 0.3 is 0 Å². The van der Waals surface area contributed by atoms with Crippen LogP contribution in [0.2, 0.25) is 0 Å². The van der Waals surface area contributed by atoms with E-state index >= 15 is 0 Å². The summed E-state index contributed by atoms with van der Waals surface area (Å²) in [6.07, 6.45) is 1.96. The van der Waals surface area contributed by atoms with Gasteiger partial charge in [0.2, 0.25) is 0 Å². The van der Waals surface area contributed by atoms with Crippen LogP contribution in [-0.2, 0) is 0 Å². The molecule has 0 saturated carbocycles. The van der Waals surface area contributed by atoms with E-state index in [2.05, 4.69) is 15.9 Å². The molecule has 0 aromatic carbocycles. The Hall–Kier alpha value is 0.390. The SMILES string of the molecule is Cl.NCCC[C@H](N)c1sccc1Br. The van der Waals surface area contributed by atoms with Gasteiger partial charge in [-0.25, -0.2) is 0 Å². The van der Waals surface area contributed by atoms with Gasteiger partial charge in [0.15, 0.2) is 0 Å². The summed E-state index contributed by atoms with van der Waals surface area (Å²) in [4.78, 5) is 1.23. The number of hydrogen-bond acceptors (Lipinski definition) is 3. The summed E-state index contributed by atoms with van der Waals surface area (Å²) in [5, 5.41) is 2.04. The first-order valence-corrected chi connectivity index (χ1v) is 5.61. The van der Waals surface area contributed by atoms with Gasteiger partial charge in [-0.2, -0.15) is 0 Å². The molecule has 1 rings (SSSR count). The first-order valence-electron chi connectivity index (χ1n) is 3.94. The van der Waals surface area contributed by atoms with Gasteiger partial charge in [-0.1, -0.05) is 0 Å². The van der Waals surface area contributed by atoms with Crippen LogP contribution < -0.4 is 11.5 Å². The quantitative estimate of drug-likeness (QED) is 0.893. The van der Waals surface area contributed by atoms with Crippen LogP contribution in [0.1, 0.15) is 23.8 Å². The van der Waals surface area contributed by atoms with E-state index in [9.17, 15) is 0 Å². The molecule has 1 heterocycles. The fraction of sp³-hybridized carbons (Fsp3) is 0.500. The monoisotopic (exact) mass is 284 g/mol. The molecule has 0 aliphatic heterocycles. The fourth-order valence-electron chi connectivity index (χ4n) is 1.04. The van der Waals surface area contributed by atoms with Gasteiger partial charge in [0, 0.05) is 15.4 Å². The van der Waals surface area contributed by atoms with E-state index in [1.54, 1.807) is 11.3 Å². The highest BCUT2D eigenvalue weighted by Gasteiger charge is 2.09. The molecule has 0 fully saturated rings. The number of nitrogens with two attached hydrogens (primary N) is 2. The Balaban J connectivity index is 0.00000144. The van der Waals surface area contributed by atoms with Gasteiger partial charge in [-0.15, -0.1) is 23.7 Å². The third kappa shape index (κ3) is 3.95. The predicted octanol–water partition coefficient (Wildman–Crippen LogP) is 2.67. The first-order chi connectivity index (χ1) is 5.75. The Morgan fingerprint density at radius 3 is 2.69 bits per heavy atom. The molecule has 1 aromatic heterocycles. The molecule has 1 atom stereocenters. The van der Waals surface area contributed by atoms with Crippen LogP contribution >= 0.6 is 39.7 Å². The average Bonchev–Trinajstić information content (AvgIpc) is 2.47. The molecular formula is C8H14BrClN2S. The lowest BCUT2D eigenvalue weighted by atomic mass is 10.1. The molecule has 4 N–H and O–H groups in total. The second kappa shape index (κ2) is 6.79. The standard InChI is InChI=1S/C8H13BrN2S.ClH/c9-6-3-5-12-8(6)7(11)2-1-4-10;/h3,5,7H,1-2,4,10-11H2;1H/t7-;/m0./s1. The van der Waals surface area contributed by atoms with Crippen LogP contribution in [-0.4, -0.2) is 6.54 Å². The molecule has 0 unspecified atom stereocenters. The Labute approximate surface area is 97.2 Å². The Kier molecular flexibility index (Phi) is 6.99. The zero-order valence-corrected chi connectivity index (χ0v) is 10.4. The summed E-state index contributed by atoms with van der Waals surface area (Å²) in [7, 11) is 0. The van der Waals surface area contributed by atoms with Crippen molar-refractivity contribution >= 4 is 39.7 Å². The van der Waals surface area contributed by atoms with Gasteiger partial charge in [0.25, 0.3) is 0 Å². The van der Waals surface area contributed by atoms with Gasteiger partial charge in [-0.05, 0) is 46.8 Å². The predicted molar refractivity (Wildman–Crippen MR) is 64.5 cm³/mol. The van der Waals surface area contributed by atoms with E-state index in [1.165, 1.54) is 4.88 Å². The second-order valence-electron chi connectivity index (χ2n) is 2.67. The zero-order valence-electron chi connectivity index (χ0n) is 7.20. The van der Waals surface area contributed by atoms with E-state index in [1.807, 2.05) is 11.4 Å². The molecular weight excluding hydrogens is 272 g/mol. The molecule has 5 heteroatoms. The molecule has 0 spiro atoms. The lowest BCUT2D eigenvalue weighted by Gasteiger charge is -2.08. The minimum atomic E-state index is 0. The molecule has 0 saturated heterocycles. The maximum absolute atomic E-state index is 5.95. The van der Waals surface area contributed by atoms with Crippen LogP contribution in [0, 0.1) is 0 Å². The molecule has 0 aliphatic rings. The summed E-state index contributed by atoms with van der Waals surface area (Å²) >= 11 is 5.15. The second-order valence-corrected chi connectivity index (χ2v) is 4.47. The van der Waals surface area contributed by atoms with Crippen LogP contribution in [0.3, 0.4) is 0 Å². The number of halogens is 2. The normalized spacial score (nSPS) is 12.2. The zero-order chi connectivity index (χ0) is 8.97. The minimum Gasteiger partial charge on any atom is -0.330 e. The Bertz CT molecular complexity index is 242. The van der Waals surface area contributed by atoms with E-state index in [0.717, 1.165) is 23.9 Å². The van der Waals surface area contributed by atoms with Crippen molar-refractivity contribution < 1.29 is 0 Å². The van der Waals surface area contributed by atoms with Crippen molar-refractivity contribution in [3.63, 3.8) is 0 Å². The van der Waals surface area contributed by atoms with Crippen molar-refractivity contribution in [1.29, 1.82) is 0 Å². The molecule has 2 nitrogen and oxygen atoms in total. The molecule has 0 radical (unpaired) electrons. The lowest BCUT2D eigenvalue weighted by Crippen LogP contribution is -2.11. The van der Waals surface area contributed by atoms with E-state index in [0.29, 0.717) is 0 Å². The van der Waals surface area contributed by atoms with Crippen molar-refractivity contribution in [2.45, 2.75) is 18.9 Å². The van der Waals surface area contributed by atoms with E-state index < -0.39 is 0 Å². The summed E-state index contributed by atoms with van der Waals surface area (Å²) in [5.74, 6) is 0. The maximum Gasteiger partial charge on any atom is 0.0401 e. The van der Waals surface area contributed by atoms with Gasteiger partial charge in [0.1, 0.15) is 0 Å². The highest BCUT2D eigenvalue weighted by atomic mass is 79.9. The van der Waals surface area contributed by atoms with Gasteiger partial charge < -0.3 is 11.5 Å². The Morgan fingerprint density at radius 2 is 2.23 bits per heavy atom. The highest BCUT2D eigenvalue weighted by Crippen LogP contribution is 2.29. The molecule has 0 aliphatic carbocycles. The minimum absolute atomic E-state index is 0. The Morgan fingerprint density at radius 1 is 1.54 bits per heavy atom. The molecule has 76 valence electrons. The van der Waals surface area contributed by atoms with Crippen LogP contribution in [0.4, 0.5) is 0 Å². The summed E-state index contributed by atoms with van der Waals surface area (Å²) in [5.41, 5.74) is 11.4. The average molecular weight is 286 g/mol. The highest BCUT2D eigenvalue weighted by molar-refractivity contribution is 9.10. The summed E-state index contributed by atoms with van der Waals surface area (Å²) in [6, 6.07) is 2.17. The largest absolute Gasteiger partial charge is 0.330 e. The van der Waals surface area contributed by atoms with Gasteiger partial charge in [-0.3, -0.25) is 0 Å². The van der Waals surface area contributed by atoms with E-state index in [4.69, 9.17) is 11.5 Å². The number of thiophene rings is 1. The maximum atomic E-state index is 5.95. The lowest BCUT2D eigenvalue weighted by molar-refractivity contribution is 0.625. The first kappa shape index (κ1) is 13.4. The van der Waals surface area contributed by atoms with Crippen molar-refractivity contribution in [2.75, 3.05) is 6.54 Å². The van der Waals surface area contributed by atoms with E-state index in [-0.39, 0.29) is 18.4 Å². The van der Waals surface area contributed by atoms with Crippen molar-refractivity contribution in [2.24, 2.45) is 11.5 Å². The van der Waals surface area contributed by atoms with Crippen molar-refractivity contribution in [3.8, 4) is 0 Å². The summed E-state index contributed by atoms with van der Waals surface area (Å²) in [6.45, 7) is 0.719. The van der Waals surface area contributed by atoms with Crippen molar-refractivity contribution in [3.05, 3.63) is 20.8 Å². The molecule has 0 bridgehead atoms. The molecule has 0 amide bonds. The number of hydrogen-bond donors (Lipinski definition) is 2. The van der Waals surface area contributed by atoms with Crippen molar-refractivity contribution in [1.82, 2.24) is 0 Å². The third-order valence-electron chi connectivity index (χ3n) is 1.70. The van der Waals surface area contributed by atoms with Crippen LogP contribution in [0.5, 0.6) is 0 Å². The van der Waals surface area contributed by atoms with Gasteiger partial charge in [0.05, 0.1) is 0 Å². The third-order valence-corrected chi connectivity index (χ3v) is 3.70. The topological polar surface area (TPSA) is 52.0 Å². The van der Waals surface area contributed by atoms with Crippen LogP contribution in [0.15, 0.2) is 15.9 Å². The fourth-order valence-corrected chi connectivity index (χ4v) is 2.74.